The third kappa shape index (κ3) is 6.09. The van der Waals surface area contributed by atoms with E-state index in [2.05, 4.69) is 10.6 Å². The third-order valence-corrected chi connectivity index (χ3v) is 4.76. The number of hydrogen-bond donors (Lipinski definition) is 2. The summed E-state index contributed by atoms with van der Waals surface area (Å²) in [6.07, 6.45) is 0. The molecule has 0 saturated heterocycles. The molecular weight excluding hydrogens is 400 g/mol. The summed E-state index contributed by atoms with van der Waals surface area (Å²) in [6, 6.07) is 17.7. The van der Waals surface area contributed by atoms with Gasteiger partial charge in [0.05, 0.1) is 5.56 Å². The molecule has 30 heavy (non-hydrogen) atoms. The van der Waals surface area contributed by atoms with Gasteiger partial charge in [-0.25, -0.2) is 9.59 Å². The van der Waals surface area contributed by atoms with Gasteiger partial charge in [-0.2, -0.15) is 0 Å². The first-order valence-corrected chi connectivity index (χ1v) is 10.3. The van der Waals surface area contributed by atoms with Crippen molar-refractivity contribution in [2.45, 2.75) is 33.3 Å². The predicted molar refractivity (Wildman–Crippen MR) is 120 cm³/mol. The quantitative estimate of drug-likeness (QED) is 0.462. The number of esters is 1. The van der Waals surface area contributed by atoms with Crippen LogP contribution in [0.4, 0.5) is 15.5 Å². The molecule has 156 valence electrons. The number of anilines is 2. The van der Waals surface area contributed by atoms with Gasteiger partial charge in [0, 0.05) is 10.6 Å². The van der Waals surface area contributed by atoms with Crippen LogP contribution in [0, 0.1) is 6.92 Å². The summed E-state index contributed by atoms with van der Waals surface area (Å²) in [7, 11) is 0. The fraction of sp³-hybridized carbons (Fsp3) is 0.217. The van der Waals surface area contributed by atoms with Crippen LogP contribution >= 0.6 is 11.3 Å². The average Bonchev–Trinajstić information content (AvgIpc) is 3.03. The largest absolute Gasteiger partial charge is 0.457 e. The Morgan fingerprint density at radius 1 is 0.900 bits per heavy atom. The number of benzene rings is 2. The molecule has 0 bridgehead atoms. The molecule has 0 radical (unpaired) electrons. The van der Waals surface area contributed by atoms with Crippen LogP contribution in [0.2, 0.25) is 0 Å². The van der Waals surface area contributed by atoms with Gasteiger partial charge in [0.2, 0.25) is 0 Å². The van der Waals surface area contributed by atoms with Crippen molar-refractivity contribution in [3.05, 3.63) is 71.1 Å². The van der Waals surface area contributed by atoms with Gasteiger partial charge in [-0.05, 0) is 70.2 Å². The molecule has 3 aromatic rings. The second-order valence-electron chi connectivity index (χ2n) is 7.62. The number of carbonyl (C=O) groups excluding carboxylic acids is 2. The summed E-state index contributed by atoms with van der Waals surface area (Å²) >= 11 is 1.32. The number of para-hydroxylation sites is 1. The van der Waals surface area contributed by atoms with Gasteiger partial charge in [0.1, 0.15) is 22.1 Å². The van der Waals surface area contributed by atoms with Crippen LogP contribution in [0.1, 0.15) is 36.0 Å². The standard InChI is InChI=1S/C23H24N2O4S/c1-15-14-19(21(26)29-23(2,3)4)20(30-15)25-22(27)24-16-10-12-18(13-11-16)28-17-8-6-5-7-9-17/h5-14H,1-4H3,(H2,24,25,27). The second kappa shape index (κ2) is 9.00. The maximum atomic E-state index is 12.4. The summed E-state index contributed by atoms with van der Waals surface area (Å²) in [4.78, 5) is 25.7. The van der Waals surface area contributed by atoms with Gasteiger partial charge in [-0.15, -0.1) is 11.3 Å². The lowest BCUT2D eigenvalue weighted by atomic mass is 10.2. The Hall–Kier alpha value is -3.32. The monoisotopic (exact) mass is 424 g/mol. The Kier molecular flexibility index (Phi) is 6.42. The molecule has 1 heterocycles. The van der Waals surface area contributed by atoms with E-state index >= 15 is 0 Å². The summed E-state index contributed by atoms with van der Waals surface area (Å²) in [5.74, 6) is 0.927. The molecule has 7 heteroatoms. The first kappa shape index (κ1) is 21.4. The van der Waals surface area contributed by atoms with E-state index < -0.39 is 17.6 Å². The molecule has 6 nitrogen and oxygen atoms in total. The molecule has 0 aliphatic rings. The summed E-state index contributed by atoms with van der Waals surface area (Å²) in [5, 5.41) is 5.94. The molecule has 0 fully saturated rings. The zero-order valence-electron chi connectivity index (χ0n) is 17.3. The lowest BCUT2D eigenvalue weighted by Crippen LogP contribution is -2.25. The van der Waals surface area contributed by atoms with Crippen molar-refractivity contribution in [1.82, 2.24) is 0 Å². The molecule has 2 amide bonds. The van der Waals surface area contributed by atoms with Crippen molar-refractivity contribution in [2.24, 2.45) is 0 Å². The van der Waals surface area contributed by atoms with Gasteiger partial charge in [0.15, 0.2) is 0 Å². The highest BCUT2D eigenvalue weighted by atomic mass is 32.1. The van der Waals surface area contributed by atoms with E-state index in [0.29, 0.717) is 22.0 Å². The van der Waals surface area contributed by atoms with Gasteiger partial charge in [-0.3, -0.25) is 5.32 Å². The van der Waals surface area contributed by atoms with Crippen LogP contribution in [0.5, 0.6) is 11.5 Å². The Labute approximate surface area is 179 Å². The van der Waals surface area contributed by atoms with Crippen molar-refractivity contribution >= 4 is 34.0 Å². The Morgan fingerprint density at radius 3 is 2.17 bits per heavy atom. The van der Waals surface area contributed by atoms with Crippen LogP contribution in [-0.4, -0.2) is 17.6 Å². The number of thiophene rings is 1. The van der Waals surface area contributed by atoms with Crippen molar-refractivity contribution < 1.29 is 19.1 Å². The maximum absolute atomic E-state index is 12.4. The minimum absolute atomic E-state index is 0.342. The van der Waals surface area contributed by atoms with E-state index in [1.807, 2.05) is 37.3 Å². The van der Waals surface area contributed by atoms with E-state index in [1.54, 1.807) is 51.1 Å². The van der Waals surface area contributed by atoms with Crippen molar-refractivity contribution in [1.29, 1.82) is 0 Å². The van der Waals surface area contributed by atoms with Gasteiger partial charge >= 0.3 is 12.0 Å². The number of carbonyl (C=O) groups is 2. The van der Waals surface area contributed by atoms with Crippen LogP contribution in [0.15, 0.2) is 60.7 Å². The van der Waals surface area contributed by atoms with Gasteiger partial charge < -0.3 is 14.8 Å². The first-order chi connectivity index (χ1) is 14.2. The van der Waals surface area contributed by atoms with E-state index in [4.69, 9.17) is 9.47 Å². The molecule has 0 saturated carbocycles. The molecule has 1 aromatic heterocycles. The molecular formula is C23H24N2O4S. The van der Waals surface area contributed by atoms with Gasteiger partial charge in [-0.1, -0.05) is 18.2 Å². The molecule has 2 aromatic carbocycles. The topological polar surface area (TPSA) is 76.7 Å². The number of aryl methyl sites for hydroxylation is 1. The zero-order chi connectivity index (χ0) is 21.7. The molecule has 0 aliphatic heterocycles. The first-order valence-electron chi connectivity index (χ1n) is 9.44. The van der Waals surface area contributed by atoms with Crippen molar-refractivity contribution in [3.8, 4) is 11.5 Å². The molecule has 0 unspecified atom stereocenters. The molecule has 2 N–H and O–H groups in total. The van der Waals surface area contributed by atoms with Crippen LogP contribution in [0.25, 0.3) is 0 Å². The molecule has 0 aliphatic carbocycles. The highest BCUT2D eigenvalue weighted by Gasteiger charge is 2.23. The Bertz CT molecular complexity index is 1020. The SMILES string of the molecule is Cc1cc(C(=O)OC(C)(C)C)c(NC(=O)Nc2ccc(Oc3ccccc3)cc2)s1. The summed E-state index contributed by atoms with van der Waals surface area (Å²) in [5.41, 5.74) is 0.324. The van der Waals surface area contributed by atoms with E-state index in [1.165, 1.54) is 11.3 Å². The Morgan fingerprint density at radius 2 is 1.53 bits per heavy atom. The van der Waals surface area contributed by atoms with E-state index in [9.17, 15) is 9.59 Å². The minimum Gasteiger partial charge on any atom is -0.457 e. The van der Waals surface area contributed by atoms with Crippen LogP contribution in [-0.2, 0) is 4.74 Å². The molecule has 3 rings (SSSR count). The highest BCUT2D eigenvalue weighted by Crippen LogP contribution is 2.30. The summed E-state index contributed by atoms with van der Waals surface area (Å²) in [6.45, 7) is 7.27. The zero-order valence-corrected chi connectivity index (χ0v) is 18.1. The maximum Gasteiger partial charge on any atom is 0.341 e. The van der Waals surface area contributed by atoms with E-state index in [-0.39, 0.29) is 0 Å². The fourth-order valence-corrected chi connectivity index (χ4v) is 3.48. The third-order valence-electron chi connectivity index (χ3n) is 3.79. The van der Waals surface area contributed by atoms with E-state index in [0.717, 1.165) is 10.6 Å². The number of rotatable bonds is 5. The number of amides is 2. The highest BCUT2D eigenvalue weighted by molar-refractivity contribution is 7.16. The minimum atomic E-state index is -0.615. The predicted octanol–water partition coefficient (Wildman–Crippen LogP) is 6.45. The lowest BCUT2D eigenvalue weighted by Gasteiger charge is -2.19. The fourth-order valence-electron chi connectivity index (χ4n) is 2.59. The summed E-state index contributed by atoms with van der Waals surface area (Å²) < 4.78 is 11.2. The van der Waals surface area contributed by atoms with Crippen LogP contribution in [0.3, 0.4) is 0 Å². The molecule has 0 atom stereocenters. The second-order valence-corrected chi connectivity index (χ2v) is 8.88. The number of urea groups is 1. The average molecular weight is 425 g/mol. The van der Waals surface area contributed by atoms with Gasteiger partial charge in [0.25, 0.3) is 0 Å². The Balaban J connectivity index is 1.63. The van der Waals surface area contributed by atoms with Crippen molar-refractivity contribution in [2.75, 3.05) is 10.6 Å². The number of nitrogens with one attached hydrogen (secondary N) is 2. The van der Waals surface area contributed by atoms with Crippen molar-refractivity contribution in [3.63, 3.8) is 0 Å². The number of hydrogen-bond acceptors (Lipinski definition) is 5. The lowest BCUT2D eigenvalue weighted by molar-refractivity contribution is 0.00712. The normalized spacial score (nSPS) is 10.9. The number of ether oxygens (including phenoxy) is 2. The van der Waals surface area contributed by atoms with Crippen LogP contribution < -0.4 is 15.4 Å². The smallest absolute Gasteiger partial charge is 0.341 e. The molecule has 0 spiro atoms.